The van der Waals surface area contributed by atoms with Crippen LogP contribution in [-0.4, -0.2) is 27.9 Å². The highest BCUT2D eigenvalue weighted by Crippen LogP contribution is 2.22. The van der Waals surface area contributed by atoms with Gasteiger partial charge in [0.15, 0.2) is 0 Å². The first-order valence-corrected chi connectivity index (χ1v) is 5.71. The van der Waals surface area contributed by atoms with Crippen molar-refractivity contribution in [2.45, 2.75) is 38.8 Å². The van der Waals surface area contributed by atoms with E-state index in [1.807, 2.05) is 13.0 Å². The van der Waals surface area contributed by atoms with Crippen LogP contribution in [0, 0.1) is 0 Å². The molecule has 0 bridgehead atoms. The summed E-state index contributed by atoms with van der Waals surface area (Å²) in [6.07, 6.45) is 1.48. The lowest BCUT2D eigenvalue weighted by molar-refractivity contribution is -0.146. The van der Waals surface area contributed by atoms with Crippen molar-refractivity contribution in [1.29, 1.82) is 0 Å². The van der Waals surface area contributed by atoms with Crippen molar-refractivity contribution in [3.05, 3.63) is 23.7 Å². The van der Waals surface area contributed by atoms with Crippen molar-refractivity contribution in [1.82, 2.24) is 4.90 Å². The Morgan fingerprint density at radius 1 is 1.53 bits per heavy atom. The number of hydrogen-bond acceptors (Lipinski definition) is 3. The quantitative estimate of drug-likeness (QED) is 0.859. The molecule has 0 aromatic carbocycles. The van der Waals surface area contributed by atoms with Crippen LogP contribution in [0.15, 0.2) is 16.5 Å². The molecule has 5 heteroatoms. The summed E-state index contributed by atoms with van der Waals surface area (Å²) in [6, 6.07) is 2.94. The van der Waals surface area contributed by atoms with Gasteiger partial charge in [0.25, 0.3) is 0 Å². The zero-order chi connectivity index (χ0) is 12.4. The fourth-order valence-electron chi connectivity index (χ4n) is 2.05. The maximum absolute atomic E-state index is 11.6. The minimum absolute atomic E-state index is 0.119. The molecule has 1 aromatic heterocycles. The number of aliphatic carboxylic acids is 1. The van der Waals surface area contributed by atoms with E-state index in [2.05, 4.69) is 0 Å². The first kappa shape index (κ1) is 11.7. The van der Waals surface area contributed by atoms with Gasteiger partial charge in [0.1, 0.15) is 17.6 Å². The average molecular weight is 237 g/mol. The van der Waals surface area contributed by atoms with Gasteiger partial charge in [-0.25, -0.2) is 4.79 Å². The Labute approximate surface area is 99.0 Å². The summed E-state index contributed by atoms with van der Waals surface area (Å²) in [5.74, 6) is 0.423. The van der Waals surface area contributed by atoms with E-state index in [1.54, 1.807) is 6.07 Å². The number of hydrogen-bond donors (Lipinski definition) is 1. The van der Waals surface area contributed by atoms with E-state index in [0.29, 0.717) is 18.6 Å². The van der Waals surface area contributed by atoms with Crippen LogP contribution in [0.4, 0.5) is 0 Å². The molecular formula is C12H15NO4. The van der Waals surface area contributed by atoms with Gasteiger partial charge >= 0.3 is 5.97 Å². The smallest absolute Gasteiger partial charge is 0.326 e. The second-order valence-corrected chi connectivity index (χ2v) is 4.14. The summed E-state index contributed by atoms with van der Waals surface area (Å²) in [7, 11) is 0. The molecule has 1 aromatic rings. The second kappa shape index (κ2) is 4.61. The van der Waals surface area contributed by atoms with Crippen molar-refractivity contribution < 1.29 is 19.1 Å². The zero-order valence-electron chi connectivity index (χ0n) is 9.68. The molecule has 0 radical (unpaired) electrons. The van der Waals surface area contributed by atoms with E-state index in [-0.39, 0.29) is 12.5 Å². The lowest BCUT2D eigenvalue weighted by atomic mass is 10.2. The number of carbonyl (C=O) groups is 2. The summed E-state index contributed by atoms with van der Waals surface area (Å²) in [6.45, 7) is 2.22. The Bertz CT molecular complexity index is 437. The molecule has 1 unspecified atom stereocenters. The van der Waals surface area contributed by atoms with Crippen LogP contribution in [0.1, 0.15) is 31.3 Å². The topological polar surface area (TPSA) is 70.8 Å². The van der Waals surface area contributed by atoms with Crippen LogP contribution < -0.4 is 0 Å². The monoisotopic (exact) mass is 237 g/mol. The minimum Gasteiger partial charge on any atom is -0.480 e. The van der Waals surface area contributed by atoms with Gasteiger partial charge in [-0.2, -0.15) is 0 Å². The fourth-order valence-corrected chi connectivity index (χ4v) is 2.05. The van der Waals surface area contributed by atoms with Gasteiger partial charge in [-0.15, -0.1) is 0 Å². The highest BCUT2D eigenvalue weighted by Gasteiger charge is 2.36. The summed E-state index contributed by atoms with van der Waals surface area (Å²) in [5.41, 5.74) is 0. The molecule has 1 amide bonds. The predicted octanol–water partition coefficient (Wildman–Crippen LogP) is 1.42. The van der Waals surface area contributed by atoms with Crippen molar-refractivity contribution in [2.24, 2.45) is 0 Å². The minimum atomic E-state index is -0.946. The average Bonchev–Trinajstić information content (AvgIpc) is 2.87. The van der Waals surface area contributed by atoms with Crippen LogP contribution in [-0.2, 0) is 22.6 Å². The van der Waals surface area contributed by atoms with Crippen molar-refractivity contribution in [2.75, 3.05) is 0 Å². The molecule has 2 heterocycles. The van der Waals surface area contributed by atoms with E-state index in [1.165, 1.54) is 4.90 Å². The number of rotatable bonds is 4. The Hall–Kier alpha value is -1.78. The van der Waals surface area contributed by atoms with Gasteiger partial charge in [-0.3, -0.25) is 4.79 Å². The molecular weight excluding hydrogens is 222 g/mol. The number of likely N-dealkylation sites (tertiary alicyclic amines) is 1. The molecule has 1 atom stereocenters. The van der Waals surface area contributed by atoms with Gasteiger partial charge in [0.2, 0.25) is 5.91 Å². The first-order chi connectivity index (χ1) is 8.11. The molecule has 1 N–H and O–H groups in total. The van der Waals surface area contributed by atoms with Crippen molar-refractivity contribution in [3.63, 3.8) is 0 Å². The Kier molecular flexibility index (Phi) is 3.17. The number of carboxylic acid groups (broad SMARTS) is 1. The SMILES string of the molecule is CCc1ccc(CN2C(=O)CCC2C(=O)O)o1. The standard InChI is InChI=1S/C12H15NO4/c1-2-8-3-4-9(17-8)7-13-10(12(15)16)5-6-11(13)14/h3-4,10H,2,5-7H2,1H3,(H,15,16). The predicted molar refractivity (Wildman–Crippen MR) is 59.3 cm³/mol. The highest BCUT2D eigenvalue weighted by atomic mass is 16.4. The maximum Gasteiger partial charge on any atom is 0.326 e. The van der Waals surface area contributed by atoms with Gasteiger partial charge in [0, 0.05) is 12.8 Å². The number of amides is 1. The molecule has 17 heavy (non-hydrogen) atoms. The van der Waals surface area contributed by atoms with Crippen LogP contribution in [0.3, 0.4) is 0 Å². The van der Waals surface area contributed by atoms with Gasteiger partial charge < -0.3 is 14.4 Å². The molecule has 92 valence electrons. The number of aryl methyl sites for hydroxylation is 1. The Morgan fingerprint density at radius 2 is 2.24 bits per heavy atom. The summed E-state index contributed by atoms with van der Waals surface area (Å²) >= 11 is 0. The van der Waals surface area contributed by atoms with Crippen LogP contribution in [0.5, 0.6) is 0 Å². The van der Waals surface area contributed by atoms with Crippen molar-refractivity contribution >= 4 is 11.9 Å². The number of nitrogens with zero attached hydrogens (tertiary/aromatic N) is 1. The largest absolute Gasteiger partial charge is 0.480 e. The summed E-state index contributed by atoms with van der Waals surface area (Å²) in [5, 5.41) is 9.01. The van der Waals surface area contributed by atoms with E-state index in [4.69, 9.17) is 9.52 Å². The molecule has 1 aliphatic heterocycles. The van der Waals surface area contributed by atoms with Gasteiger partial charge in [0.05, 0.1) is 6.54 Å². The van der Waals surface area contributed by atoms with Gasteiger partial charge in [-0.1, -0.05) is 6.92 Å². The number of carboxylic acids is 1. The molecule has 0 aliphatic carbocycles. The molecule has 0 saturated carbocycles. The first-order valence-electron chi connectivity index (χ1n) is 5.71. The fraction of sp³-hybridized carbons (Fsp3) is 0.500. The molecule has 1 fully saturated rings. The normalized spacial score (nSPS) is 19.9. The van der Waals surface area contributed by atoms with E-state index >= 15 is 0 Å². The Balaban J connectivity index is 2.10. The molecule has 1 saturated heterocycles. The summed E-state index contributed by atoms with van der Waals surface area (Å²) in [4.78, 5) is 24.0. The van der Waals surface area contributed by atoms with E-state index in [0.717, 1.165) is 12.2 Å². The van der Waals surface area contributed by atoms with Crippen LogP contribution in [0.25, 0.3) is 0 Å². The highest BCUT2D eigenvalue weighted by molar-refractivity contribution is 5.87. The zero-order valence-corrected chi connectivity index (χ0v) is 9.68. The second-order valence-electron chi connectivity index (χ2n) is 4.14. The third kappa shape index (κ3) is 2.33. The number of carbonyl (C=O) groups excluding carboxylic acids is 1. The van der Waals surface area contributed by atoms with E-state index in [9.17, 15) is 9.59 Å². The third-order valence-electron chi connectivity index (χ3n) is 3.01. The molecule has 0 spiro atoms. The van der Waals surface area contributed by atoms with Gasteiger partial charge in [-0.05, 0) is 18.6 Å². The maximum atomic E-state index is 11.6. The van der Waals surface area contributed by atoms with Crippen molar-refractivity contribution in [3.8, 4) is 0 Å². The Morgan fingerprint density at radius 3 is 2.82 bits per heavy atom. The van der Waals surface area contributed by atoms with Crippen LogP contribution >= 0.6 is 0 Å². The van der Waals surface area contributed by atoms with E-state index < -0.39 is 12.0 Å². The third-order valence-corrected chi connectivity index (χ3v) is 3.01. The molecule has 2 rings (SSSR count). The molecule has 5 nitrogen and oxygen atoms in total. The lowest BCUT2D eigenvalue weighted by Crippen LogP contribution is -2.37. The van der Waals surface area contributed by atoms with Crippen LogP contribution in [0.2, 0.25) is 0 Å². The number of furan rings is 1. The lowest BCUT2D eigenvalue weighted by Gasteiger charge is -2.20. The summed E-state index contributed by atoms with van der Waals surface area (Å²) < 4.78 is 5.48. The molecule has 1 aliphatic rings.